The van der Waals surface area contributed by atoms with Gasteiger partial charge >= 0.3 is 0 Å². The molecule has 4 nitrogen and oxygen atoms in total. The normalized spacial score (nSPS) is 19.0. The van der Waals surface area contributed by atoms with Gasteiger partial charge in [0.2, 0.25) is 0 Å². The lowest BCUT2D eigenvalue weighted by Gasteiger charge is -2.22. The SMILES string of the molecule is COc1c(Cl)cc(C2(C(C)N)CC2)cc1S(C)(=O)=O. The summed E-state index contributed by atoms with van der Waals surface area (Å²) in [4.78, 5) is 0.129. The summed E-state index contributed by atoms with van der Waals surface area (Å²) < 4.78 is 28.8. The number of methoxy groups -OCH3 is 1. The molecule has 1 unspecified atom stereocenters. The van der Waals surface area contributed by atoms with Crippen LogP contribution in [0.1, 0.15) is 25.3 Å². The van der Waals surface area contributed by atoms with Gasteiger partial charge in [-0.25, -0.2) is 8.42 Å². The lowest BCUT2D eigenvalue weighted by atomic mass is 9.89. The number of rotatable bonds is 4. The van der Waals surface area contributed by atoms with Crippen molar-refractivity contribution < 1.29 is 13.2 Å². The van der Waals surface area contributed by atoms with Crippen LogP contribution >= 0.6 is 11.6 Å². The van der Waals surface area contributed by atoms with Gasteiger partial charge in [-0.05, 0) is 37.5 Å². The highest BCUT2D eigenvalue weighted by Crippen LogP contribution is 2.52. The molecule has 1 fully saturated rings. The third-order valence-corrected chi connectivity index (χ3v) is 5.23. The van der Waals surface area contributed by atoms with Crippen molar-refractivity contribution in [1.29, 1.82) is 0 Å². The van der Waals surface area contributed by atoms with Gasteiger partial charge in [-0.3, -0.25) is 0 Å². The third kappa shape index (κ3) is 2.47. The molecule has 0 bridgehead atoms. The lowest BCUT2D eigenvalue weighted by molar-refractivity contribution is 0.402. The molecule has 6 heteroatoms. The largest absolute Gasteiger partial charge is 0.494 e. The van der Waals surface area contributed by atoms with Crippen molar-refractivity contribution in [2.75, 3.05) is 13.4 Å². The Kier molecular flexibility index (Phi) is 3.58. The monoisotopic (exact) mass is 303 g/mol. The Morgan fingerprint density at radius 3 is 2.37 bits per heavy atom. The maximum atomic E-state index is 11.9. The number of ether oxygens (including phenoxy) is 1. The van der Waals surface area contributed by atoms with Crippen LogP contribution in [0.25, 0.3) is 0 Å². The minimum atomic E-state index is -3.40. The zero-order chi connectivity index (χ0) is 14.4. The van der Waals surface area contributed by atoms with E-state index in [1.54, 1.807) is 12.1 Å². The predicted molar refractivity (Wildman–Crippen MR) is 75.7 cm³/mol. The summed E-state index contributed by atoms with van der Waals surface area (Å²) in [5.41, 5.74) is 6.76. The molecule has 0 radical (unpaired) electrons. The van der Waals surface area contributed by atoms with Crippen LogP contribution in [0.3, 0.4) is 0 Å². The van der Waals surface area contributed by atoms with Crippen molar-refractivity contribution in [3.05, 3.63) is 22.7 Å². The highest BCUT2D eigenvalue weighted by Gasteiger charge is 2.48. The molecule has 0 spiro atoms. The Morgan fingerprint density at radius 1 is 1.42 bits per heavy atom. The molecule has 1 saturated carbocycles. The van der Waals surface area contributed by atoms with E-state index in [1.807, 2.05) is 6.92 Å². The van der Waals surface area contributed by atoms with Gasteiger partial charge in [0, 0.05) is 17.7 Å². The second-order valence-electron chi connectivity index (χ2n) is 5.21. The highest BCUT2D eigenvalue weighted by atomic mass is 35.5. The summed E-state index contributed by atoms with van der Waals surface area (Å²) in [7, 11) is -1.99. The summed E-state index contributed by atoms with van der Waals surface area (Å²) in [5.74, 6) is 0.202. The lowest BCUT2D eigenvalue weighted by Crippen LogP contribution is -2.31. The van der Waals surface area contributed by atoms with Crippen LogP contribution < -0.4 is 10.5 Å². The smallest absolute Gasteiger partial charge is 0.179 e. The molecule has 0 heterocycles. The van der Waals surface area contributed by atoms with Gasteiger partial charge in [0.1, 0.15) is 4.90 Å². The number of halogens is 1. The number of nitrogens with two attached hydrogens (primary N) is 1. The Bertz CT molecular complexity index is 607. The molecule has 1 aliphatic carbocycles. The van der Waals surface area contributed by atoms with Crippen LogP contribution in [0.15, 0.2) is 17.0 Å². The molecule has 1 atom stereocenters. The summed E-state index contributed by atoms with van der Waals surface area (Å²) in [6.07, 6.45) is 3.06. The molecular formula is C13H18ClNO3S. The molecule has 0 aromatic heterocycles. The predicted octanol–water partition coefficient (Wildman–Crippen LogP) is 2.13. The number of sulfone groups is 1. The Balaban J connectivity index is 2.65. The summed E-state index contributed by atoms with van der Waals surface area (Å²) in [6, 6.07) is 3.38. The van der Waals surface area contributed by atoms with E-state index in [1.165, 1.54) is 7.11 Å². The molecule has 1 aromatic rings. The number of hydrogen-bond donors (Lipinski definition) is 1. The average Bonchev–Trinajstić information content (AvgIpc) is 3.07. The first-order valence-corrected chi connectivity index (χ1v) is 8.33. The Morgan fingerprint density at radius 2 is 2.00 bits per heavy atom. The van der Waals surface area contributed by atoms with Gasteiger partial charge in [-0.1, -0.05) is 11.6 Å². The molecular weight excluding hydrogens is 286 g/mol. The third-order valence-electron chi connectivity index (χ3n) is 3.85. The molecule has 2 rings (SSSR count). The van der Waals surface area contributed by atoms with Crippen LogP contribution in [0.5, 0.6) is 5.75 Å². The van der Waals surface area contributed by atoms with Gasteiger partial charge in [0.25, 0.3) is 0 Å². The van der Waals surface area contributed by atoms with Gasteiger partial charge in [-0.2, -0.15) is 0 Å². The topological polar surface area (TPSA) is 69.4 Å². The van der Waals surface area contributed by atoms with Gasteiger partial charge in [0.15, 0.2) is 15.6 Å². The summed E-state index contributed by atoms with van der Waals surface area (Å²) >= 11 is 6.15. The Hall–Kier alpha value is -0.780. The van der Waals surface area contributed by atoms with Crippen molar-refractivity contribution >= 4 is 21.4 Å². The first-order valence-electron chi connectivity index (χ1n) is 6.06. The van der Waals surface area contributed by atoms with Gasteiger partial charge in [-0.15, -0.1) is 0 Å². The summed E-state index contributed by atoms with van der Waals surface area (Å²) in [6.45, 7) is 1.94. The Labute approximate surface area is 118 Å². The zero-order valence-corrected chi connectivity index (χ0v) is 12.8. The van der Waals surface area contributed by atoms with Crippen molar-refractivity contribution in [3.8, 4) is 5.75 Å². The molecule has 0 aliphatic heterocycles. The number of benzene rings is 1. The maximum Gasteiger partial charge on any atom is 0.179 e. The van der Waals surface area contributed by atoms with Crippen LogP contribution in [0, 0.1) is 0 Å². The molecule has 1 aromatic carbocycles. The average molecular weight is 304 g/mol. The van der Waals surface area contributed by atoms with Crippen LogP contribution in [-0.4, -0.2) is 27.8 Å². The van der Waals surface area contributed by atoms with Crippen molar-refractivity contribution in [2.45, 2.75) is 36.1 Å². The second-order valence-corrected chi connectivity index (χ2v) is 7.60. The van der Waals surface area contributed by atoms with Gasteiger partial charge in [0.05, 0.1) is 12.1 Å². The highest BCUT2D eigenvalue weighted by molar-refractivity contribution is 7.90. The van der Waals surface area contributed by atoms with E-state index in [0.717, 1.165) is 24.7 Å². The maximum absolute atomic E-state index is 11.9. The molecule has 19 heavy (non-hydrogen) atoms. The molecule has 1 aliphatic rings. The van der Waals surface area contributed by atoms with E-state index in [4.69, 9.17) is 22.1 Å². The molecule has 0 amide bonds. The van der Waals surface area contributed by atoms with Crippen LogP contribution in [0.2, 0.25) is 5.02 Å². The number of hydrogen-bond acceptors (Lipinski definition) is 4. The summed E-state index contributed by atoms with van der Waals surface area (Å²) in [5, 5.41) is 0.312. The van der Waals surface area contributed by atoms with E-state index >= 15 is 0 Å². The van der Waals surface area contributed by atoms with E-state index < -0.39 is 9.84 Å². The van der Waals surface area contributed by atoms with E-state index in [2.05, 4.69) is 0 Å². The van der Waals surface area contributed by atoms with E-state index in [-0.39, 0.29) is 22.1 Å². The minimum absolute atomic E-state index is 0.0376. The molecule has 2 N–H and O–H groups in total. The second kappa shape index (κ2) is 4.65. The van der Waals surface area contributed by atoms with Crippen molar-refractivity contribution in [2.24, 2.45) is 5.73 Å². The van der Waals surface area contributed by atoms with Crippen molar-refractivity contribution in [3.63, 3.8) is 0 Å². The fraction of sp³-hybridized carbons (Fsp3) is 0.538. The van der Waals surface area contributed by atoms with Gasteiger partial charge < -0.3 is 10.5 Å². The first kappa shape index (κ1) is 14.6. The van der Waals surface area contributed by atoms with Crippen molar-refractivity contribution in [1.82, 2.24) is 0 Å². The fourth-order valence-corrected chi connectivity index (χ4v) is 3.69. The zero-order valence-electron chi connectivity index (χ0n) is 11.2. The molecule has 0 saturated heterocycles. The van der Waals surface area contributed by atoms with Crippen LogP contribution in [0.4, 0.5) is 0 Å². The fourth-order valence-electron chi connectivity index (χ4n) is 2.47. The minimum Gasteiger partial charge on any atom is -0.494 e. The standard InChI is InChI=1S/C13H18ClNO3S/c1-8(15)13(4-5-13)9-6-10(14)12(18-2)11(7-9)19(3,16)17/h6-8H,4-5,15H2,1-3H3. The van der Waals surface area contributed by atoms with E-state index in [0.29, 0.717) is 5.02 Å². The van der Waals surface area contributed by atoms with E-state index in [9.17, 15) is 8.42 Å². The first-order chi connectivity index (χ1) is 8.72. The quantitative estimate of drug-likeness (QED) is 0.925. The molecule has 106 valence electrons. The van der Waals surface area contributed by atoms with Crippen LogP contribution in [-0.2, 0) is 15.3 Å².